The summed E-state index contributed by atoms with van der Waals surface area (Å²) in [6.07, 6.45) is 0.0319. The van der Waals surface area contributed by atoms with Crippen LogP contribution < -0.4 is 9.64 Å². The number of rotatable bonds is 5. The number of oxazole rings is 1. The lowest BCUT2D eigenvalue weighted by atomic mass is 9.88. The van der Waals surface area contributed by atoms with E-state index >= 15 is 0 Å². The molecule has 3 fully saturated rings. The Labute approximate surface area is 194 Å². The van der Waals surface area contributed by atoms with Crippen LogP contribution in [0.3, 0.4) is 0 Å². The molecule has 2 atom stereocenters. The van der Waals surface area contributed by atoms with Crippen LogP contribution in [0, 0.1) is 6.92 Å². The summed E-state index contributed by atoms with van der Waals surface area (Å²) < 4.78 is 12.4. The van der Waals surface area contributed by atoms with E-state index in [0.29, 0.717) is 42.6 Å². The third kappa shape index (κ3) is 3.48. The van der Waals surface area contributed by atoms with E-state index in [0.717, 1.165) is 28.2 Å². The number of aryl methyl sites for hydroxylation is 1. The fraction of sp³-hybridized carbons (Fsp3) is 0.292. The molecule has 0 spiro atoms. The largest absolute Gasteiger partial charge is 0.486 e. The van der Waals surface area contributed by atoms with Gasteiger partial charge in [0, 0.05) is 24.2 Å². The highest BCUT2D eigenvalue weighted by atomic mass is 32.1. The third-order valence-electron chi connectivity index (χ3n) is 6.27. The molecule has 1 amide bonds. The van der Waals surface area contributed by atoms with E-state index < -0.39 is 6.09 Å². The third-order valence-corrected chi connectivity index (χ3v) is 7.26. The summed E-state index contributed by atoms with van der Waals surface area (Å²) in [5, 5.41) is 12.3. The number of anilines is 1. The van der Waals surface area contributed by atoms with Crippen molar-refractivity contribution in [3.63, 3.8) is 0 Å². The number of aromatic nitrogens is 2. The number of benzene rings is 2. The first-order chi connectivity index (χ1) is 16.1. The summed E-state index contributed by atoms with van der Waals surface area (Å²) >= 11 is 1.56. The monoisotopic (exact) mass is 462 g/mol. The molecule has 3 aliphatic rings. The van der Waals surface area contributed by atoms with Gasteiger partial charge in [0.15, 0.2) is 11.1 Å². The zero-order valence-corrected chi connectivity index (χ0v) is 18.8. The van der Waals surface area contributed by atoms with Gasteiger partial charge in [0.05, 0.1) is 17.6 Å². The highest BCUT2D eigenvalue weighted by molar-refractivity contribution is 7.13. The maximum absolute atomic E-state index is 11.5. The number of piperazine rings is 1. The number of hydrogen-bond acceptors (Lipinski definition) is 7. The van der Waals surface area contributed by atoms with Gasteiger partial charge in [-0.05, 0) is 31.0 Å². The zero-order chi connectivity index (χ0) is 22.5. The number of ether oxygens (including phenoxy) is 1. The Morgan fingerprint density at radius 3 is 2.67 bits per heavy atom. The summed E-state index contributed by atoms with van der Waals surface area (Å²) in [6, 6.07) is 14.3. The average molecular weight is 463 g/mol. The van der Waals surface area contributed by atoms with Gasteiger partial charge >= 0.3 is 6.09 Å². The summed E-state index contributed by atoms with van der Waals surface area (Å²) in [4.78, 5) is 24.5. The fourth-order valence-electron chi connectivity index (χ4n) is 4.68. The molecule has 2 aromatic carbocycles. The highest BCUT2D eigenvalue weighted by Crippen LogP contribution is 2.40. The molecule has 7 rings (SSSR count). The molecule has 5 heterocycles. The van der Waals surface area contributed by atoms with Gasteiger partial charge in [0.2, 0.25) is 0 Å². The number of fused-ring (bicyclic) bond motifs is 3. The molecule has 0 saturated carbocycles. The first kappa shape index (κ1) is 20.0. The molecule has 0 radical (unpaired) electrons. The molecule has 1 N–H and O–H groups in total. The molecule has 2 bridgehead atoms. The lowest BCUT2D eigenvalue weighted by Crippen LogP contribution is -2.70. The van der Waals surface area contributed by atoms with Crippen molar-refractivity contribution in [1.82, 2.24) is 14.9 Å². The number of amides is 1. The fourth-order valence-corrected chi connectivity index (χ4v) is 5.50. The maximum atomic E-state index is 11.5. The van der Waals surface area contributed by atoms with Gasteiger partial charge in [-0.15, -0.1) is 11.3 Å². The van der Waals surface area contributed by atoms with Crippen LogP contribution in [0.15, 0.2) is 52.3 Å². The summed E-state index contributed by atoms with van der Waals surface area (Å²) in [5.74, 6) is 0.648. The number of piperidine rings is 1. The van der Waals surface area contributed by atoms with Crippen LogP contribution in [-0.4, -0.2) is 51.2 Å². The average Bonchev–Trinajstić information content (AvgIpc) is 3.45. The number of nitrogens with zero attached hydrogens (tertiary/aromatic N) is 4. The Kier molecular flexibility index (Phi) is 4.72. The minimum absolute atomic E-state index is 0.0221. The summed E-state index contributed by atoms with van der Waals surface area (Å²) in [6.45, 7) is 3.53. The van der Waals surface area contributed by atoms with E-state index in [4.69, 9.17) is 14.1 Å². The van der Waals surface area contributed by atoms with Crippen molar-refractivity contribution in [1.29, 1.82) is 0 Å². The van der Waals surface area contributed by atoms with Gasteiger partial charge in [-0.1, -0.05) is 30.3 Å². The second-order valence-corrected chi connectivity index (χ2v) is 9.35. The number of hydrogen-bond donors (Lipinski definition) is 1. The van der Waals surface area contributed by atoms with Crippen molar-refractivity contribution < 1.29 is 19.1 Å². The van der Waals surface area contributed by atoms with Crippen molar-refractivity contribution in [2.45, 2.75) is 32.0 Å². The number of carbonyl (C=O) groups is 1. The van der Waals surface area contributed by atoms with Crippen molar-refractivity contribution in [2.75, 3.05) is 18.0 Å². The quantitative estimate of drug-likeness (QED) is 0.456. The molecule has 2 aromatic heterocycles. The van der Waals surface area contributed by atoms with Gasteiger partial charge in [-0.25, -0.2) is 9.78 Å². The molecule has 3 saturated heterocycles. The minimum Gasteiger partial charge on any atom is -0.486 e. The molecule has 33 heavy (non-hydrogen) atoms. The molecule has 4 aromatic rings. The van der Waals surface area contributed by atoms with E-state index in [2.05, 4.69) is 4.98 Å². The Balaban J connectivity index is 1.36. The number of carboxylic acid groups (broad SMARTS) is 1. The topological polar surface area (TPSA) is 91.9 Å². The van der Waals surface area contributed by atoms with Crippen molar-refractivity contribution in [2.24, 2.45) is 0 Å². The molecule has 2 unspecified atom stereocenters. The van der Waals surface area contributed by atoms with Gasteiger partial charge in [-0.2, -0.15) is 4.98 Å². The van der Waals surface area contributed by atoms with Gasteiger partial charge in [0.1, 0.15) is 17.4 Å². The van der Waals surface area contributed by atoms with Gasteiger partial charge < -0.3 is 19.2 Å². The van der Waals surface area contributed by atoms with Gasteiger partial charge in [0.25, 0.3) is 6.01 Å². The van der Waals surface area contributed by atoms with Crippen LogP contribution >= 0.6 is 11.3 Å². The van der Waals surface area contributed by atoms with E-state index in [1.165, 1.54) is 4.90 Å². The molecule has 3 aliphatic heterocycles. The predicted octanol–water partition coefficient (Wildman–Crippen LogP) is 4.78. The summed E-state index contributed by atoms with van der Waals surface area (Å²) in [7, 11) is 0. The first-order valence-electron chi connectivity index (χ1n) is 10.9. The van der Waals surface area contributed by atoms with Crippen LogP contribution in [0.1, 0.15) is 17.7 Å². The standard InChI is InChI=1S/C24H22N4O4S/c1-14-13-33-22(25-14)18-7-8-19(31-12-15-5-3-2-4-6-15)20-21(18)32-23(26-20)27-10-16-9-17(11-27)28(16)24(29)30/h2-8,13,16-17H,9-12H2,1H3,(H,29,30). The highest BCUT2D eigenvalue weighted by Gasteiger charge is 2.48. The van der Waals surface area contributed by atoms with Crippen LogP contribution in [0.2, 0.25) is 0 Å². The normalized spacial score (nSPS) is 19.5. The Morgan fingerprint density at radius 1 is 1.18 bits per heavy atom. The van der Waals surface area contributed by atoms with Crippen molar-refractivity contribution in [3.8, 4) is 16.3 Å². The van der Waals surface area contributed by atoms with Gasteiger partial charge in [-0.3, -0.25) is 4.90 Å². The van der Waals surface area contributed by atoms with E-state index in [-0.39, 0.29) is 12.1 Å². The minimum atomic E-state index is -0.855. The van der Waals surface area contributed by atoms with Crippen molar-refractivity contribution in [3.05, 3.63) is 59.1 Å². The zero-order valence-electron chi connectivity index (χ0n) is 18.0. The molecular formula is C24H22N4O4S. The Hall–Kier alpha value is -3.59. The summed E-state index contributed by atoms with van der Waals surface area (Å²) in [5.41, 5.74) is 4.19. The Morgan fingerprint density at radius 2 is 1.97 bits per heavy atom. The van der Waals surface area contributed by atoms with Crippen LogP contribution in [0.5, 0.6) is 5.75 Å². The van der Waals surface area contributed by atoms with E-state index in [1.807, 2.05) is 59.7 Å². The second kappa shape index (κ2) is 7.77. The Bertz CT molecular complexity index is 1320. The van der Waals surface area contributed by atoms with Crippen LogP contribution in [0.25, 0.3) is 21.7 Å². The smallest absolute Gasteiger partial charge is 0.407 e. The lowest BCUT2D eigenvalue weighted by molar-refractivity contribution is 0.0101. The second-order valence-electron chi connectivity index (χ2n) is 8.49. The first-order valence-corrected chi connectivity index (χ1v) is 11.7. The van der Waals surface area contributed by atoms with E-state index in [1.54, 1.807) is 11.3 Å². The molecule has 0 aliphatic carbocycles. The lowest BCUT2D eigenvalue weighted by Gasteiger charge is -2.54. The molecule has 8 nitrogen and oxygen atoms in total. The number of thiazole rings is 1. The molecule has 168 valence electrons. The van der Waals surface area contributed by atoms with Crippen LogP contribution in [0.4, 0.5) is 10.8 Å². The SMILES string of the molecule is Cc1csc(-c2ccc(OCc3ccccc3)c3nc(N4CC5CC(C4)N5C(=O)O)oc23)n1. The molecule has 9 heteroatoms. The van der Waals surface area contributed by atoms with Crippen molar-refractivity contribution >= 4 is 34.5 Å². The van der Waals surface area contributed by atoms with Crippen LogP contribution in [-0.2, 0) is 6.61 Å². The predicted molar refractivity (Wildman–Crippen MR) is 125 cm³/mol. The van der Waals surface area contributed by atoms with E-state index in [9.17, 15) is 9.90 Å². The maximum Gasteiger partial charge on any atom is 0.407 e. The molecular weight excluding hydrogens is 440 g/mol.